The second-order valence-electron chi connectivity index (χ2n) is 6.51. The van der Waals surface area contributed by atoms with Gasteiger partial charge in [0, 0.05) is 35.7 Å². The first-order valence-electron chi connectivity index (χ1n) is 8.80. The average molecular weight is 431 g/mol. The lowest BCUT2D eigenvalue weighted by Gasteiger charge is -2.18. The SMILES string of the molecule is CN(C(=O)c1c(-c2ccc(C(F)(F)F)cc2)nc2ncccn12)c1ccc(Cl)cc1. The average Bonchev–Trinajstić information content (AvgIpc) is 3.12. The van der Waals surface area contributed by atoms with Crippen LogP contribution in [-0.4, -0.2) is 27.3 Å². The number of hydrogen-bond donors (Lipinski definition) is 0. The number of carbonyl (C=O) groups is 1. The number of rotatable bonds is 3. The Morgan fingerprint density at radius 1 is 1.07 bits per heavy atom. The molecule has 0 fully saturated rings. The van der Waals surface area contributed by atoms with Crippen molar-refractivity contribution in [2.75, 3.05) is 11.9 Å². The van der Waals surface area contributed by atoms with E-state index in [0.717, 1.165) is 12.1 Å². The van der Waals surface area contributed by atoms with Crippen LogP contribution in [0.3, 0.4) is 0 Å². The zero-order valence-electron chi connectivity index (χ0n) is 15.6. The van der Waals surface area contributed by atoms with Crippen molar-refractivity contribution in [2.24, 2.45) is 0 Å². The van der Waals surface area contributed by atoms with Crippen LogP contribution in [0.15, 0.2) is 67.0 Å². The molecule has 0 aliphatic heterocycles. The van der Waals surface area contributed by atoms with Crippen molar-refractivity contribution in [1.29, 1.82) is 0 Å². The molecule has 0 unspecified atom stereocenters. The highest BCUT2D eigenvalue weighted by Gasteiger charge is 2.31. The van der Waals surface area contributed by atoms with E-state index in [9.17, 15) is 18.0 Å². The van der Waals surface area contributed by atoms with Gasteiger partial charge in [-0.2, -0.15) is 13.2 Å². The van der Waals surface area contributed by atoms with Gasteiger partial charge in [-0.05, 0) is 42.5 Å². The van der Waals surface area contributed by atoms with E-state index in [-0.39, 0.29) is 17.2 Å². The molecule has 9 heteroatoms. The molecule has 0 spiro atoms. The number of alkyl halides is 3. The Kier molecular flexibility index (Phi) is 4.95. The van der Waals surface area contributed by atoms with Gasteiger partial charge in [0.1, 0.15) is 11.4 Å². The molecule has 5 nitrogen and oxygen atoms in total. The lowest BCUT2D eigenvalue weighted by molar-refractivity contribution is -0.137. The van der Waals surface area contributed by atoms with Gasteiger partial charge in [-0.3, -0.25) is 9.20 Å². The third-order valence-corrected chi connectivity index (χ3v) is 4.86. The molecule has 2 aromatic carbocycles. The molecule has 0 N–H and O–H groups in total. The van der Waals surface area contributed by atoms with Crippen LogP contribution in [0.25, 0.3) is 17.0 Å². The zero-order valence-corrected chi connectivity index (χ0v) is 16.3. The van der Waals surface area contributed by atoms with Crippen LogP contribution >= 0.6 is 11.6 Å². The maximum absolute atomic E-state index is 13.3. The molecule has 0 atom stereocenters. The number of carbonyl (C=O) groups excluding carboxylic acids is 1. The van der Waals surface area contributed by atoms with Crippen LogP contribution in [0.2, 0.25) is 5.02 Å². The van der Waals surface area contributed by atoms with Crippen LogP contribution < -0.4 is 4.90 Å². The number of aromatic nitrogens is 3. The van der Waals surface area contributed by atoms with Gasteiger partial charge < -0.3 is 4.90 Å². The number of halogens is 4. The monoisotopic (exact) mass is 430 g/mol. The van der Waals surface area contributed by atoms with Crippen molar-refractivity contribution in [1.82, 2.24) is 14.4 Å². The van der Waals surface area contributed by atoms with Crippen LogP contribution in [-0.2, 0) is 6.18 Å². The third kappa shape index (κ3) is 3.61. The maximum Gasteiger partial charge on any atom is 0.416 e. The van der Waals surface area contributed by atoms with Crippen molar-refractivity contribution in [3.05, 3.63) is 83.3 Å². The minimum absolute atomic E-state index is 0.190. The Bertz CT molecular complexity index is 1220. The molecule has 4 rings (SSSR count). The summed E-state index contributed by atoms with van der Waals surface area (Å²) in [5.41, 5.74) is 0.630. The highest BCUT2D eigenvalue weighted by Crippen LogP contribution is 2.32. The number of anilines is 1. The van der Waals surface area contributed by atoms with E-state index >= 15 is 0 Å². The molecule has 2 aromatic heterocycles. The van der Waals surface area contributed by atoms with E-state index in [2.05, 4.69) is 9.97 Å². The summed E-state index contributed by atoms with van der Waals surface area (Å²) in [5.74, 6) is -0.132. The molecule has 2 heterocycles. The Balaban J connectivity index is 1.83. The van der Waals surface area contributed by atoms with Crippen LogP contribution in [0.5, 0.6) is 0 Å². The smallest absolute Gasteiger partial charge is 0.310 e. The third-order valence-electron chi connectivity index (χ3n) is 4.61. The fraction of sp³-hybridized carbons (Fsp3) is 0.0952. The largest absolute Gasteiger partial charge is 0.416 e. The molecule has 0 radical (unpaired) electrons. The van der Waals surface area contributed by atoms with Gasteiger partial charge in [-0.15, -0.1) is 0 Å². The second-order valence-corrected chi connectivity index (χ2v) is 6.95. The van der Waals surface area contributed by atoms with Gasteiger partial charge in [0.2, 0.25) is 5.78 Å². The van der Waals surface area contributed by atoms with Gasteiger partial charge in [0.05, 0.1) is 5.56 Å². The van der Waals surface area contributed by atoms with Crippen molar-refractivity contribution < 1.29 is 18.0 Å². The molecule has 0 saturated heterocycles. The topological polar surface area (TPSA) is 50.5 Å². The number of amides is 1. The Hall–Kier alpha value is -3.39. The first-order chi connectivity index (χ1) is 14.3. The quantitative estimate of drug-likeness (QED) is 0.440. The normalized spacial score (nSPS) is 11.6. The summed E-state index contributed by atoms with van der Waals surface area (Å²) in [7, 11) is 1.60. The Morgan fingerprint density at radius 3 is 2.37 bits per heavy atom. The Labute approximate surface area is 174 Å². The molecule has 0 saturated carbocycles. The molecule has 30 heavy (non-hydrogen) atoms. The summed E-state index contributed by atoms with van der Waals surface area (Å²) in [5, 5.41) is 0.532. The van der Waals surface area contributed by atoms with Crippen LogP contribution in [0.4, 0.5) is 18.9 Å². The molecule has 4 aromatic rings. The molecule has 152 valence electrons. The van der Waals surface area contributed by atoms with Crippen molar-refractivity contribution in [3.63, 3.8) is 0 Å². The van der Waals surface area contributed by atoms with Crippen molar-refractivity contribution in [2.45, 2.75) is 6.18 Å². The summed E-state index contributed by atoms with van der Waals surface area (Å²) in [6.45, 7) is 0. The number of benzene rings is 2. The lowest BCUT2D eigenvalue weighted by atomic mass is 10.1. The minimum Gasteiger partial charge on any atom is -0.310 e. The second kappa shape index (κ2) is 7.46. The van der Waals surface area contributed by atoms with Gasteiger partial charge in [-0.25, -0.2) is 9.97 Å². The van der Waals surface area contributed by atoms with Crippen LogP contribution in [0.1, 0.15) is 16.1 Å². The number of nitrogens with zero attached hydrogens (tertiary/aromatic N) is 4. The number of fused-ring (bicyclic) bond motifs is 1. The number of imidazole rings is 1. The predicted molar refractivity (Wildman–Crippen MR) is 108 cm³/mol. The fourth-order valence-corrected chi connectivity index (χ4v) is 3.18. The molecule has 0 bridgehead atoms. The molecular weight excluding hydrogens is 417 g/mol. The van der Waals surface area contributed by atoms with E-state index in [0.29, 0.717) is 16.3 Å². The predicted octanol–water partition coefficient (Wildman–Crippen LogP) is 5.35. The molecular formula is C21H14ClF3N4O. The lowest BCUT2D eigenvalue weighted by Crippen LogP contribution is -2.28. The van der Waals surface area contributed by atoms with Gasteiger partial charge >= 0.3 is 6.18 Å². The Morgan fingerprint density at radius 2 is 1.73 bits per heavy atom. The molecule has 0 aliphatic carbocycles. The summed E-state index contributed by atoms with van der Waals surface area (Å²) >= 11 is 5.92. The highest BCUT2D eigenvalue weighted by molar-refractivity contribution is 6.30. The standard InChI is InChI=1S/C21H14ClF3N4O/c1-28(16-9-7-15(22)8-10-16)19(30)18-17(27-20-26-11-2-12-29(18)20)13-3-5-14(6-4-13)21(23,24)25/h2-12H,1H3. The summed E-state index contributed by atoms with van der Waals surface area (Å²) in [4.78, 5) is 23.3. The first-order valence-corrected chi connectivity index (χ1v) is 9.18. The van der Waals surface area contributed by atoms with E-state index in [1.807, 2.05) is 0 Å². The highest BCUT2D eigenvalue weighted by atomic mass is 35.5. The van der Waals surface area contributed by atoms with Gasteiger partial charge in [-0.1, -0.05) is 23.7 Å². The van der Waals surface area contributed by atoms with Gasteiger partial charge in [0.25, 0.3) is 5.91 Å². The van der Waals surface area contributed by atoms with Gasteiger partial charge in [0.15, 0.2) is 0 Å². The minimum atomic E-state index is -4.45. The van der Waals surface area contributed by atoms with E-state index < -0.39 is 17.6 Å². The number of hydrogen-bond acceptors (Lipinski definition) is 3. The molecule has 1 amide bonds. The van der Waals surface area contributed by atoms with E-state index in [1.165, 1.54) is 27.6 Å². The summed E-state index contributed by atoms with van der Waals surface area (Å²) < 4.78 is 40.3. The molecule has 0 aliphatic rings. The van der Waals surface area contributed by atoms with Crippen LogP contribution in [0, 0.1) is 0 Å². The van der Waals surface area contributed by atoms with E-state index in [4.69, 9.17) is 11.6 Å². The summed E-state index contributed by atoms with van der Waals surface area (Å²) in [6, 6.07) is 12.9. The maximum atomic E-state index is 13.3. The van der Waals surface area contributed by atoms with Crippen molar-refractivity contribution in [3.8, 4) is 11.3 Å². The van der Waals surface area contributed by atoms with Crippen molar-refractivity contribution >= 4 is 29.0 Å². The van der Waals surface area contributed by atoms with E-state index in [1.54, 1.807) is 43.6 Å². The summed E-state index contributed by atoms with van der Waals surface area (Å²) in [6.07, 6.45) is -1.30. The fourth-order valence-electron chi connectivity index (χ4n) is 3.05. The zero-order chi connectivity index (χ0) is 21.5. The first kappa shape index (κ1) is 19.9.